The molecule has 0 aromatic heterocycles. The fourth-order valence-electron chi connectivity index (χ4n) is 2.87. The van der Waals surface area contributed by atoms with Crippen LogP contribution in [0.25, 0.3) is 0 Å². The lowest BCUT2D eigenvalue weighted by Crippen LogP contribution is -2.49. The molecule has 27 heavy (non-hydrogen) atoms. The highest BCUT2D eigenvalue weighted by Gasteiger charge is 2.27. The van der Waals surface area contributed by atoms with E-state index in [9.17, 15) is 22.8 Å². The van der Waals surface area contributed by atoms with E-state index in [4.69, 9.17) is 0 Å². The van der Waals surface area contributed by atoms with Gasteiger partial charge in [0.05, 0.1) is 0 Å². The van der Waals surface area contributed by atoms with Gasteiger partial charge in [0.1, 0.15) is 6.61 Å². The number of anilines is 1. The van der Waals surface area contributed by atoms with Crippen molar-refractivity contribution in [1.82, 2.24) is 9.80 Å². The zero-order valence-corrected chi connectivity index (χ0v) is 15.2. The van der Waals surface area contributed by atoms with Crippen molar-refractivity contribution < 1.29 is 27.5 Å². The average molecular weight is 387 g/mol. The first-order chi connectivity index (χ1) is 12.7. The van der Waals surface area contributed by atoms with Gasteiger partial charge in [0, 0.05) is 57.5 Å². The number of alkyl halides is 3. The molecule has 1 fully saturated rings. The maximum absolute atomic E-state index is 12.6. The first-order valence-electron chi connectivity index (χ1n) is 8.78. The van der Waals surface area contributed by atoms with E-state index in [2.05, 4.69) is 15.0 Å². The zero-order valence-electron chi connectivity index (χ0n) is 15.2. The van der Waals surface area contributed by atoms with Crippen molar-refractivity contribution in [2.24, 2.45) is 0 Å². The topological polar surface area (TPSA) is 61.9 Å². The van der Waals surface area contributed by atoms with E-state index in [-0.39, 0.29) is 18.4 Å². The summed E-state index contributed by atoms with van der Waals surface area (Å²) >= 11 is 0. The Labute approximate surface area is 156 Å². The average Bonchev–Trinajstić information content (AvgIpc) is 2.60. The standard InChI is InChI=1S/C18H24F3N3O3/c1-14(25)22-16-5-2-4-15(12-16)17(26)24-9-7-23(8-10-24)6-3-11-27-13-18(19,20)21/h2,4-5,12H,3,6-11,13H2,1H3,(H,22,25). The lowest BCUT2D eigenvalue weighted by molar-refractivity contribution is -0.174. The Morgan fingerprint density at radius 1 is 1.19 bits per heavy atom. The molecule has 1 aromatic carbocycles. The molecule has 0 spiro atoms. The van der Waals surface area contributed by atoms with Crippen molar-refractivity contribution in [3.05, 3.63) is 29.8 Å². The summed E-state index contributed by atoms with van der Waals surface area (Å²) in [6, 6.07) is 6.79. The van der Waals surface area contributed by atoms with E-state index >= 15 is 0 Å². The third-order valence-electron chi connectivity index (χ3n) is 4.12. The third-order valence-corrected chi connectivity index (χ3v) is 4.12. The van der Waals surface area contributed by atoms with Crippen molar-refractivity contribution in [3.63, 3.8) is 0 Å². The molecule has 2 amide bonds. The Hall–Kier alpha value is -2.13. The van der Waals surface area contributed by atoms with E-state index in [1.807, 2.05) is 0 Å². The number of hydrogen-bond acceptors (Lipinski definition) is 4. The Balaban J connectivity index is 1.73. The van der Waals surface area contributed by atoms with Gasteiger partial charge in [0.15, 0.2) is 0 Å². The van der Waals surface area contributed by atoms with Gasteiger partial charge < -0.3 is 15.0 Å². The number of nitrogens with one attached hydrogen (secondary N) is 1. The van der Waals surface area contributed by atoms with E-state index in [1.54, 1.807) is 29.2 Å². The van der Waals surface area contributed by atoms with Crippen LogP contribution in [0.4, 0.5) is 18.9 Å². The molecule has 0 aliphatic carbocycles. The van der Waals surface area contributed by atoms with Crippen LogP contribution in [0, 0.1) is 0 Å². The molecular weight excluding hydrogens is 363 g/mol. The van der Waals surface area contributed by atoms with Gasteiger partial charge in [-0.1, -0.05) is 6.07 Å². The predicted octanol–water partition coefficient (Wildman–Crippen LogP) is 2.37. The summed E-state index contributed by atoms with van der Waals surface area (Å²) in [6.07, 6.45) is -3.77. The van der Waals surface area contributed by atoms with Gasteiger partial charge in [-0.3, -0.25) is 14.5 Å². The quantitative estimate of drug-likeness (QED) is 0.730. The zero-order chi connectivity index (χ0) is 19.9. The molecule has 1 N–H and O–H groups in total. The maximum atomic E-state index is 12.6. The van der Waals surface area contributed by atoms with Crippen LogP contribution in [0.3, 0.4) is 0 Å². The summed E-state index contributed by atoms with van der Waals surface area (Å²) in [5, 5.41) is 2.65. The summed E-state index contributed by atoms with van der Waals surface area (Å²) < 4.78 is 40.6. The van der Waals surface area contributed by atoms with Crippen molar-refractivity contribution >= 4 is 17.5 Å². The molecule has 1 saturated heterocycles. The summed E-state index contributed by atoms with van der Waals surface area (Å²) in [5.41, 5.74) is 1.08. The normalized spacial score (nSPS) is 15.6. The largest absolute Gasteiger partial charge is 0.411 e. The molecule has 0 radical (unpaired) electrons. The van der Waals surface area contributed by atoms with Crippen LogP contribution in [0.1, 0.15) is 23.7 Å². The maximum Gasteiger partial charge on any atom is 0.411 e. The molecule has 150 valence electrons. The molecular formula is C18H24F3N3O3. The van der Waals surface area contributed by atoms with Crippen molar-refractivity contribution in [3.8, 4) is 0 Å². The van der Waals surface area contributed by atoms with E-state index in [0.717, 1.165) is 0 Å². The molecule has 0 saturated carbocycles. The van der Waals surface area contributed by atoms with Crippen LogP contribution >= 0.6 is 0 Å². The molecule has 1 aliphatic heterocycles. The number of carbonyl (C=O) groups excluding carboxylic acids is 2. The summed E-state index contributed by atoms with van der Waals surface area (Å²) in [4.78, 5) is 27.6. The minimum Gasteiger partial charge on any atom is -0.372 e. The van der Waals surface area contributed by atoms with Crippen LogP contribution in [0.15, 0.2) is 24.3 Å². The monoisotopic (exact) mass is 387 g/mol. The van der Waals surface area contributed by atoms with Gasteiger partial charge in [-0.2, -0.15) is 13.2 Å². The molecule has 6 nitrogen and oxygen atoms in total. The van der Waals surface area contributed by atoms with Crippen LogP contribution < -0.4 is 5.32 Å². The van der Waals surface area contributed by atoms with Gasteiger partial charge in [0.2, 0.25) is 5.91 Å². The fourth-order valence-corrected chi connectivity index (χ4v) is 2.87. The second-order valence-electron chi connectivity index (χ2n) is 6.42. The highest BCUT2D eigenvalue weighted by atomic mass is 19.4. The second-order valence-corrected chi connectivity index (χ2v) is 6.42. The lowest BCUT2D eigenvalue weighted by Gasteiger charge is -2.34. The number of carbonyl (C=O) groups is 2. The smallest absolute Gasteiger partial charge is 0.372 e. The first kappa shape index (κ1) is 21.2. The molecule has 1 heterocycles. The highest BCUT2D eigenvalue weighted by Crippen LogP contribution is 2.15. The SMILES string of the molecule is CC(=O)Nc1cccc(C(=O)N2CCN(CCCOCC(F)(F)F)CC2)c1. The van der Waals surface area contributed by atoms with Gasteiger partial charge >= 0.3 is 6.18 Å². The molecule has 9 heteroatoms. The van der Waals surface area contributed by atoms with Crippen molar-refractivity contribution in [1.29, 1.82) is 0 Å². The van der Waals surface area contributed by atoms with Gasteiger partial charge in [0.25, 0.3) is 5.91 Å². The number of hydrogen-bond donors (Lipinski definition) is 1. The Morgan fingerprint density at radius 2 is 1.89 bits per heavy atom. The van der Waals surface area contributed by atoms with Gasteiger partial charge in [-0.15, -0.1) is 0 Å². The number of benzene rings is 1. The van der Waals surface area contributed by atoms with Crippen molar-refractivity contribution in [2.45, 2.75) is 19.5 Å². The molecule has 0 unspecified atom stereocenters. The Kier molecular flexibility index (Phi) is 7.61. The Bertz CT molecular complexity index is 644. The lowest BCUT2D eigenvalue weighted by atomic mass is 10.1. The predicted molar refractivity (Wildman–Crippen MR) is 94.6 cm³/mol. The molecule has 0 atom stereocenters. The number of piperazine rings is 1. The molecule has 1 aliphatic rings. The fraction of sp³-hybridized carbons (Fsp3) is 0.556. The number of amides is 2. The van der Waals surface area contributed by atoms with E-state index in [1.165, 1.54) is 6.92 Å². The number of nitrogens with zero attached hydrogens (tertiary/aromatic N) is 2. The number of rotatable bonds is 7. The minimum atomic E-state index is -4.29. The minimum absolute atomic E-state index is 0.0641. The van der Waals surface area contributed by atoms with Crippen LogP contribution in [-0.4, -0.2) is 73.7 Å². The summed E-state index contributed by atoms with van der Waals surface area (Å²) in [5.74, 6) is -0.303. The van der Waals surface area contributed by atoms with Crippen LogP contribution in [0.5, 0.6) is 0 Å². The summed E-state index contributed by atoms with van der Waals surface area (Å²) in [7, 11) is 0. The molecule has 0 bridgehead atoms. The Morgan fingerprint density at radius 3 is 2.52 bits per heavy atom. The first-order valence-corrected chi connectivity index (χ1v) is 8.78. The third kappa shape index (κ3) is 7.56. The second kappa shape index (κ2) is 9.70. The van der Waals surface area contributed by atoms with Crippen LogP contribution in [0.2, 0.25) is 0 Å². The highest BCUT2D eigenvalue weighted by molar-refractivity contribution is 5.96. The van der Waals surface area contributed by atoms with E-state index in [0.29, 0.717) is 50.4 Å². The van der Waals surface area contributed by atoms with Gasteiger partial charge in [-0.25, -0.2) is 0 Å². The van der Waals surface area contributed by atoms with Gasteiger partial charge in [-0.05, 0) is 24.6 Å². The van der Waals surface area contributed by atoms with E-state index < -0.39 is 12.8 Å². The number of ether oxygens (including phenoxy) is 1. The van der Waals surface area contributed by atoms with Crippen LogP contribution in [-0.2, 0) is 9.53 Å². The molecule has 1 aromatic rings. The summed E-state index contributed by atoms with van der Waals surface area (Å²) in [6.45, 7) is 3.31. The number of halogens is 3. The molecule has 2 rings (SSSR count). The van der Waals surface area contributed by atoms with Crippen molar-refractivity contribution in [2.75, 3.05) is 51.3 Å².